The van der Waals surface area contributed by atoms with Crippen LogP contribution in [0.3, 0.4) is 0 Å². The molecule has 0 saturated carbocycles. The van der Waals surface area contributed by atoms with Crippen molar-refractivity contribution in [2.24, 2.45) is 0 Å². The maximum Gasteiger partial charge on any atom is 0.228 e. The molecule has 15 heavy (non-hydrogen) atoms. The molecule has 0 spiro atoms. The van der Waals surface area contributed by atoms with E-state index in [1.54, 1.807) is 13.8 Å². The Hall–Kier alpha value is 0.340. The maximum absolute atomic E-state index is 11.7. The van der Waals surface area contributed by atoms with E-state index in [4.69, 9.17) is 0 Å². The standard InChI is InChI=1S/C7H16BrNO4S2/c1-7(2,5-8)9(3)15(12,13)6-14(4,10)11/h5-6H2,1-4H3. The summed E-state index contributed by atoms with van der Waals surface area (Å²) in [5.41, 5.74) is -0.649. The van der Waals surface area contributed by atoms with E-state index in [2.05, 4.69) is 15.9 Å². The van der Waals surface area contributed by atoms with Gasteiger partial charge in [-0.05, 0) is 13.8 Å². The molecule has 0 aliphatic carbocycles. The third-order valence-corrected chi connectivity index (χ3v) is 7.56. The summed E-state index contributed by atoms with van der Waals surface area (Å²) in [6.45, 7) is 3.42. The van der Waals surface area contributed by atoms with Gasteiger partial charge in [-0.25, -0.2) is 16.8 Å². The van der Waals surface area contributed by atoms with Crippen LogP contribution in [0.25, 0.3) is 0 Å². The SMILES string of the molecule is CN(C(C)(C)CBr)S(=O)(=O)CS(C)(=O)=O. The fourth-order valence-electron chi connectivity index (χ4n) is 0.810. The molecule has 0 rings (SSSR count). The average molecular weight is 322 g/mol. The van der Waals surface area contributed by atoms with Crippen molar-refractivity contribution in [1.82, 2.24) is 4.31 Å². The van der Waals surface area contributed by atoms with E-state index in [0.717, 1.165) is 10.6 Å². The fraction of sp³-hybridized carbons (Fsp3) is 1.00. The van der Waals surface area contributed by atoms with Crippen molar-refractivity contribution in [3.8, 4) is 0 Å². The second-order valence-corrected chi connectivity index (χ2v) is 9.14. The Bertz CT molecular complexity index is 412. The Morgan fingerprint density at radius 2 is 1.60 bits per heavy atom. The number of hydrogen-bond donors (Lipinski definition) is 0. The number of sulfone groups is 1. The number of hydrogen-bond acceptors (Lipinski definition) is 4. The molecular formula is C7H16BrNO4S2. The van der Waals surface area contributed by atoms with Crippen molar-refractivity contribution in [2.45, 2.75) is 19.4 Å². The van der Waals surface area contributed by atoms with Crippen LogP contribution < -0.4 is 0 Å². The van der Waals surface area contributed by atoms with Crippen molar-refractivity contribution in [2.75, 3.05) is 23.7 Å². The van der Waals surface area contributed by atoms with Crippen molar-refractivity contribution in [3.63, 3.8) is 0 Å². The van der Waals surface area contributed by atoms with Crippen molar-refractivity contribution < 1.29 is 16.8 Å². The van der Waals surface area contributed by atoms with Gasteiger partial charge in [0.15, 0.2) is 14.9 Å². The van der Waals surface area contributed by atoms with Crippen LogP contribution >= 0.6 is 15.9 Å². The summed E-state index contributed by atoms with van der Waals surface area (Å²) in [5.74, 6) is 0. The molecule has 5 nitrogen and oxygen atoms in total. The van der Waals surface area contributed by atoms with Gasteiger partial charge in [0.1, 0.15) is 0 Å². The fourth-order valence-corrected chi connectivity index (χ4v) is 4.97. The highest BCUT2D eigenvalue weighted by atomic mass is 79.9. The molecule has 0 aliphatic rings. The zero-order chi connectivity index (χ0) is 12.5. The molecule has 92 valence electrons. The smallest absolute Gasteiger partial charge is 0.228 e. The van der Waals surface area contributed by atoms with Gasteiger partial charge in [0.05, 0.1) is 0 Å². The first kappa shape index (κ1) is 15.3. The average Bonchev–Trinajstić information content (AvgIpc) is 1.98. The lowest BCUT2D eigenvalue weighted by atomic mass is 10.1. The van der Waals surface area contributed by atoms with Gasteiger partial charge < -0.3 is 0 Å². The van der Waals surface area contributed by atoms with Crippen molar-refractivity contribution in [3.05, 3.63) is 0 Å². The number of halogens is 1. The first-order chi connectivity index (χ1) is 6.42. The van der Waals surface area contributed by atoms with Crippen LogP contribution in [-0.4, -0.2) is 50.4 Å². The Kier molecular flexibility index (Phi) is 4.79. The Labute approximate surface area is 99.9 Å². The first-order valence-corrected chi connectivity index (χ1v) is 8.92. The summed E-state index contributed by atoms with van der Waals surface area (Å²) in [6.07, 6.45) is 0.902. The van der Waals surface area contributed by atoms with Gasteiger partial charge >= 0.3 is 0 Å². The highest BCUT2D eigenvalue weighted by molar-refractivity contribution is 9.09. The predicted molar refractivity (Wildman–Crippen MR) is 64.3 cm³/mol. The van der Waals surface area contributed by atoms with Gasteiger partial charge in [-0.2, -0.15) is 4.31 Å². The molecule has 0 aliphatic heterocycles. The second kappa shape index (κ2) is 4.68. The van der Waals surface area contributed by atoms with Gasteiger partial charge in [0, 0.05) is 24.2 Å². The second-order valence-electron chi connectivity index (χ2n) is 4.07. The van der Waals surface area contributed by atoms with Gasteiger partial charge in [-0.1, -0.05) is 15.9 Å². The van der Waals surface area contributed by atoms with E-state index in [-0.39, 0.29) is 0 Å². The highest BCUT2D eigenvalue weighted by Crippen LogP contribution is 2.19. The molecule has 0 aromatic carbocycles. The first-order valence-electron chi connectivity index (χ1n) is 4.13. The summed E-state index contributed by atoms with van der Waals surface area (Å²) in [6, 6.07) is 0. The Morgan fingerprint density at radius 3 is 1.87 bits per heavy atom. The van der Waals surface area contributed by atoms with E-state index in [1.807, 2.05) is 0 Å². The predicted octanol–water partition coefficient (Wildman–Crippen LogP) is 0.424. The molecule has 0 heterocycles. The quantitative estimate of drug-likeness (QED) is 0.688. The Morgan fingerprint density at radius 1 is 1.20 bits per heavy atom. The van der Waals surface area contributed by atoms with Crippen LogP contribution in [0.1, 0.15) is 13.8 Å². The van der Waals surface area contributed by atoms with Gasteiger partial charge in [-0.15, -0.1) is 0 Å². The molecule has 0 aromatic rings. The maximum atomic E-state index is 11.7. The lowest BCUT2D eigenvalue weighted by Crippen LogP contribution is -2.47. The monoisotopic (exact) mass is 321 g/mol. The van der Waals surface area contributed by atoms with E-state index in [9.17, 15) is 16.8 Å². The Balaban J connectivity index is 5.08. The third-order valence-electron chi connectivity index (χ3n) is 1.96. The van der Waals surface area contributed by atoms with E-state index in [1.165, 1.54) is 7.05 Å². The number of sulfonamides is 1. The lowest BCUT2D eigenvalue weighted by molar-refractivity contribution is 0.301. The zero-order valence-electron chi connectivity index (χ0n) is 9.19. The minimum atomic E-state index is -3.77. The summed E-state index contributed by atoms with van der Waals surface area (Å²) in [7, 11) is -5.94. The molecule has 0 bridgehead atoms. The number of alkyl halides is 1. The molecule has 0 radical (unpaired) electrons. The topological polar surface area (TPSA) is 71.5 Å². The summed E-state index contributed by atoms with van der Waals surface area (Å²) in [4.78, 5) is 0. The van der Waals surface area contributed by atoms with Crippen LogP contribution in [0.15, 0.2) is 0 Å². The van der Waals surface area contributed by atoms with Crippen LogP contribution in [-0.2, 0) is 19.9 Å². The zero-order valence-corrected chi connectivity index (χ0v) is 12.4. The largest absolute Gasteiger partial charge is 0.228 e. The normalized spacial score (nSPS) is 14.5. The molecule has 0 unspecified atom stereocenters. The van der Waals surface area contributed by atoms with E-state index < -0.39 is 30.5 Å². The van der Waals surface area contributed by atoms with Gasteiger partial charge in [-0.3, -0.25) is 0 Å². The van der Waals surface area contributed by atoms with Gasteiger partial charge in [0.25, 0.3) is 0 Å². The molecule has 0 saturated heterocycles. The summed E-state index contributed by atoms with van der Waals surface area (Å²) in [5, 5.41) is -0.424. The summed E-state index contributed by atoms with van der Waals surface area (Å²) >= 11 is 3.19. The highest BCUT2D eigenvalue weighted by Gasteiger charge is 2.33. The van der Waals surface area contributed by atoms with Crippen LogP contribution in [0.5, 0.6) is 0 Å². The van der Waals surface area contributed by atoms with Crippen LogP contribution in [0.2, 0.25) is 0 Å². The molecule has 0 atom stereocenters. The molecule has 0 aromatic heterocycles. The minimum absolute atomic E-state index is 0.430. The van der Waals surface area contributed by atoms with Crippen LogP contribution in [0, 0.1) is 0 Å². The van der Waals surface area contributed by atoms with Crippen molar-refractivity contribution in [1.29, 1.82) is 0 Å². The van der Waals surface area contributed by atoms with Crippen LogP contribution in [0.4, 0.5) is 0 Å². The molecular weight excluding hydrogens is 306 g/mol. The molecule has 0 amide bonds. The molecule has 0 N–H and O–H groups in total. The lowest BCUT2D eigenvalue weighted by Gasteiger charge is -2.32. The van der Waals surface area contributed by atoms with Crippen molar-refractivity contribution >= 4 is 35.8 Å². The summed E-state index contributed by atoms with van der Waals surface area (Å²) < 4.78 is 46.3. The van der Waals surface area contributed by atoms with E-state index >= 15 is 0 Å². The molecule has 0 fully saturated rings. The minimum Gasteiger partial charge on any atom is -0.228 e. The third kappa shape index (κ3) is 4.80. The molecule has 8 heteroatoms. The number of rotatable bonds is 5. The van der Waals surface area contributed by atoms with E-state index in [0.29, 0.717) is 5.33 Å². The number of nitrogens with zero attached hydrogens (tertiary/aromatic N) is 1. The van der Waals surface area contributed by atoms with Gasteiger partial charge in [0.2, 0.25) is 10.0 Å².